The molecule has 0 fully saturated rings. The highest BCUT2D eigenvalue weighted by Crippen LogP contribution is 2.20. The molecule has 0 aliphatic heterocycles. The molecule has 0 saturated heterocycles. The summed E-state index contributed by atoms with van der Waals surface area (Å²) in [6.07, 6.45) is -0.0384. The van der Waals surface area contributed by atoms with E-state index in [1.54, 1.807) is 24.3 Å². The summed E-state index contributed by atoms with van der Waals surface area (Å²) >= 11 is 3.31. The van der Waals surface area contributed by atoms with Crippen molar-refractivity contribution in [2.75, 3.05) is 20.1 Å². The minimum atomic E-state index is -3.65. The van der Waals surface area contributed by atoms with Gasteiger partial charge < -0.3 is 10.4 Å². The largest absolute Gasteiger partial charge is 0.390 e. The highest BCUT2D eigenvalue weighted by Gasteiger charge is 2.25. The Labute approximate surface area is 193 Å². The van der Waals surface area contributed by atoms with Crippen LogP contribution in [-0.4, -0.2) is 49.6 Å². The molecule has 3 aromatic carbocycles. The first-order valence-electron chi connectivity index (χ1n) is 10.2. The van der Waals surface area contributed by atoms with Crippen LogP contribution in [0.25, 0.3) is 10.8 Å². The van der Waals surface area contributed by atoms with Crippen LogP contribution in [0.1, 0.15) is 19.4 Å². The number of fused-ring (bicyclic) bond motifs is 1. The summed E-state index contributed by atoms with van der Waals surface area (Å²) in [5.41, 5.74) is 0.952. The van der Waals surface area contributed by atoms with Gasteiger partial charge in [0.2, 0.25) is 10.0 Å². The van der Waals surface area contributed by atoms with Crippen molar-refractivity contribution in [3.05, 3.63) is 76.8 Å². The molecule has 0 bridgehead atoms. The van der Waals surface area contributed by atoms with E-state index in [2.05, 4.69) is 65.4 Å². The first-order valence-corrected chi connectivity index (χ1v) is 12.4. The van der Waals surface area contributed by atoms with Crippen LogP contribution in [0.3, 0.4) is 0 Å². The molecule has 0 unspecified atom stereocenters. The van der Waals surface area contributed by atoms with Gasteiger partial charge in [0.25, 0.3) is 0 Å². The molecular formula is C24H29BrN2O3S. The number of likely N-dealkylation sites (N-methyl/N-ethyl adjacent to an activating group) is 1. The molecule has 2 N–H and O–H groups in total. The van der Waals surface area contributed by atoms with Crippen molar-refractivity contribution >= 4 is 36.7 Å². The number of hydrogen-bond donors (Lipinski definition) is 2. The van der Waals surface area contributed by atoms with Gasteiger partial charge in [0.05, 0.1) is 11.0 Å². The number of rotatable bonds is 9. The SMILES string of the molecule is CN(C[C@H](O)CNC(C)(C)Cc1ccc2ccccc2c1)S(=O)(=O)c1ccc(Br)cc1. The van der Waals surface area contributed by atoms with Crippen LogP contribution in [0, 0.1) is 0 Å². The molecule has 1 atom stereocenters. The van der Waals surface area contributed by atoms with Gasteiger partial charge in [-0.1, -0.05) is 58.4 Å². The van der Waals surface area contributed by atoms with E-state index >= 15 is 0 Å². The number of nitrogens with zero attached hydrogens (tertiary/aromatic N) is 1. The lowest BCUT2D eigenvalue weighted by Gasteiger charge is -2.29. The second-order valence-electron chi connectivity index (χ2n) is 8.52. The third-order valence-electron chi connectivity index (χ3n) is 5.27. The van der Waals surface area contributed by atoms with Gasteiger partial charge in [-0.15, -0.1) is 0 Å². The monoisotopic (exact) mass is 504 g/mol. The molecule has 7 heteroatoms. The number of sulfonamides is 1. The van der Waals surface area contributed by atoms with Gasteiger partial charge >= 0.3 is 0 Å². The Morgan fingerprint density at radius 3 is 2.35 bits per heavy atom. The van der Waals surface area contributed by atoms with Crippen molar-refractivity contribution in [3.8, 4) is 0 Å². The van der Waals surface area contributed by atoms with E-state index in [0.717, 1.165) is 10.9 Å². The zero-order chi connectivity index (χ0) is 22.6. The predicted molar refractivity (Wildman–Crippen MR) is 130 cm³/mol. The number of nitrogens with one attached hydrogen (secondary N) is 1. The molecule has 5 nitrogen and oxygen atoms in total. The van der Waals surface area contributed by atoms with Gasteiger partial charge in [0.1, 0.15) is 0 Å². The Morgan fingerprint density at radius 2 is 1.68 bits per heavy atom. The molecule has 0 radical (unpaired) electrons. The lowest BCUT2D eigenvalue weighted by Crippen LogP contribution is -2.47. The zero-order valence-electron chi connectivity index (χ0n) is 18.0. The van der Waals surface area contributed by atoms with Gasteiger partial charge in [-0.3, -0.25) is 0 Å². The summed E-state index contributed by atoms with van der Waals surface area (Å²) < 4.78 is 27.4. The van der Waals surface area contributed by atoms with E-state index < -0.39 is 16.1 Å². The molecule has 0 saturated carbocycles. The molecule has 0 aliphatic rings. The number of aliphatic hydroxyl groups is 1. The average molecular weight is 505 g/mol. The van der Waals surface area contributed by atoms with Crippen LogP contribution >= 0.6 is 15.9 Å². The lowest BCUT2D eigenvalue weighted by molar-refractivity contribution is 0.139. The van der Waals surface area contributed by atoms with Crippen LogP contribution in [0.2, 0.25) is 0 Å². The van der Waals surface area contributed by atoms with E-state index in [9.17, 15) is 13.5 Å². The van der Waals surface area contributed by atoms with E-state index in [4.69, 9.17) is 0 Å². The Kier molecular flexibility index (Phi) is 7.55. The highest BCUT2D eigenvalue weighted by atomic mass is 79.9. The molecule has 0 spiro atoms. The maximum atomic E-state index is 12.7. The smallest absolute Gasteiger partial charge is 0.242 e. The molecule has 3 rings (SSSR count). The molecule has 166 valence electrons. The van der Waals surface area contributed by atoms with E-state index in [0.29, 0.717) is 6.54 Å². The van der Waals surface area contributed by atoms with Gasteiger partial charge in [-0.25, -0.2) is 8.42 Å². The Hall–Kier alpha value is -1.77. The van der Waals surface area contributed by atoms with Crippen molar-refractivity contribution in [1.82, 2.24) is 9.62 Å². The second-order valence-corrected chi connectivity index (χ2v) is 11.5. The highest BCUT2D eigenvalue weighted by molar-refractivity contribution is 9.10. The fourth-order valence-corrected chi connectivity index (χ4v) is 5.03. The Bertz CT molecular complexity index is 1130. The number of halogens is 1. The number of β-amino-alcohol motifs (C(OH)–C–C–N with tert-alkyl or cyclic N) is 1. The third kappa shape index (κ3) is 6.37. The Morgan fingerprint density at radius 1 is 1.03 bits per heavy atom. The average Bonchev–Trinajstić information content (AvgIpc) is 2.72. The topological polar surface area (TPSA) is 69.6 Å². The quantitative estimate of drug-likeness (QED) is 0.458. The minimum Gasteiger partial charge on any atom is -0.390 e. The maximum absolute atomic E-state index is 12.7. The summed E-state index contributed by atoms with van der Waals surface area (Å²) in [5.74, 6) is 0. The van der Waals surface area contributed by atoms with Crippen LogP contribution in [0.4, 0.5) is 0 Å². The molecule has 0 aromatic heterocycles. The zero-order valence-corrected chi connectivity index (χ0v) is 20.4. The van der Waals surface area contributed by atoms with Gasteiger partial charge in [-0.05, 0) is 60.9 Å². The van der Waals surface area contributed by atoms with Gasteiger partial charge in [-0.2, -0.15) is 4.31 Å². The van der Waals surface area contributed by atoms with E-state index in [1.165, 1.54) is 27.7 Å². The summed E-state index contributed by atoms with van der Waals surface area (Å²) in [7, 11) is -2.16. The normalized spacial score (nSPS) is 13.6. The van der Waals surface area contributed by atoms with Gasteiger partial charge in [0.15, 0.2) is 0 Å². The number of hydrogen-bond acceptors (Lipinski definition) is 4. The predicted octanol–water partition coefficient (Wildman–Crippen LogP) is 4.19. The first-order chi connectivity index (χ1) is 14.6. The molecule has 3 aromatic rings. The molecule has 0 heterocycles. The van der Waals surface area contributed by atoms with Crippen LogP contribution < -0.4 is 5.32 Å². The number of benzene rings is 3. The van der Waals surface area contributed by atoms with Crippen LogP contribution in [0.15, 0.2) is 76.1 Å². The third-order valence-corrected chi connectivity index (χ3v) is 7.63. The van der Waals surface area contributed by atoms with E-state index in [1.807, 2.05) is 12.1 Å². The first kappa shape index (κ1) is 23.9. The molecule has 0 amide bonds. The summed E-state index contributed by atoms with van der Waals surface area (Å²) in [5, 5.41) is 16.3. The van der Waals surface area contributed by atoms with Crippen LogP contribution in [-0.2, 0) is 16.4 Å². The van der Waals surface area contributed by atoms with Gasteiger partial charge in [0, 0.05) is 30.1 Å². The summed E-state index contributed by atoms with van der Waals surface area (Å²) in [6.45, 7) is 4.46. The fourth-order valence-electron chi connectivity index (χ4n) is 3.56. The van der Waals surface area contributed by atoms with Crippen molar-refractivity contribution in [1.29, 1.82) is 0 Å². The fraction of sp³-hybridized carbons (Fsp3) is 0.333. The summed E-state index contributed by atoms with van der Waals surface area (Å²) in [6, 6.07) is 21.2. The van der Waals surface area contributed by atoms with E-state index in [-0.39, 0.29) is 17.0 Å². The molecule has 0 aliphatic carbocycles. The maximum Gasteiger partial charge on any atom is 0.242 e. The molecular weight excluding hydrogens is 476 g/mol. The Balaban J connectivity index is 1.56. The van der Waals surface area contributed by atoms with Crippen molar-refractivity contribution in [2.45, 2.75) is 36.8 Å². The van der Waals surface area contributed by atoms with Crippen LogP contribution in [0.5, 0.6) is 0 Å². The standard InChI is InChI=1S/C24H29BrN2O3S/c1-24(2,15-18-8-9-19-6-4-5-7-20(19)14-18)26-16-22(28)17-27(3)31(29,30)23-12-10-21(25)11-13-23/h4-14,22,26,28H,15-17H2,1-3H3/t22-/m1/s1. The van der Waals surface area contributed by atoms with Crippen molar-refractivity contribution < 1.29 is 13.5 Å². The van der Waals surface area contributed by atoms with Crippen molar-refractivity contribution in [3.63, 3.8) is 0 Å². The lowest BCUT2D eigenvalue weighted by atomic mass is 9.93. The second kappa shape index (κ2) is 9.79. The summed E-state index contributed by atoms with van der Waals surface area (Å²) in [4.78, 5) is 0.204. The minimum absolute atomic E-state index is 0.0114. The number of aliphatic hydroxyl groups excluding tert-OH is 1. The van der Waals surface area contributed by atoms with Crippen molar-refractivity contribution in [2.24, 2.45) is 0 Å². The molecule has 31 heavy (non-hydrogen) atoms.